The summed E-state index contributed by atoms with van der Waals surface area (Å²) in [5.41, 5.74) is 1.73. The molecule has 0 spiro atoms. The van der Waals surface area contributed by atoms with Gasteiger partial charge in [0.1, 0.15) is 11.5 Å². The van der Waals surface area contributed by atoms with Crippen LogP contribution < -0.4 is 24.8 Å². The van der Waals surface area contributed by atoms with Crippen LogP contribution in [0.1, 0.15) is 47.2 Å². The molecule has 0 aromatic heterocycles. The van der Waals surface area contributed by atoms with Crippen LogP contribution in [0.25, 0.3) is 0 Å². The fourth-order valence-corrected chi connectivity index (χ4v) is 5.54. The summed E-state index contributed by atoms with van der Waals surface area (Å²) in [7, 11) is -1.20. The number of hydrogen-bond acceptors (Lipinski definition) is 6. The zero-order valence-electron chi connectivity index (χ0n) is 19.2. The first-order valence-corrected chi connectivity index (χ1v) is 13.1. The first-order valence-electron chi connectivity index (χ1n) is 10.9. The molecular formula is C23H28BrN3O6S. The summed E-state index contributed by atoms with van der Waals surface area (Å²) in [4.78, 5) is 24.4. The molecule has 1 aliphatic heterocycles. The molecule has 3 N–H and O–H groups in total. The van der Waals surface area contributed by atoms with Gasteiger partial charge in [-0.15, -0.1) is 0 Å². The lowest BCUT2D eigenvalue weighted by atomic mass is 9.89. The molecule has 2 aromatic rings. The van der Waals surface area contributed by atoms with E-state index in [0.29, 0.717) is 55.0 Å². The van der Waals surface area contributed by atoms with Crippen LogP contribution in [-0.2, 0) is 16.4 Å². The van der Waals surface area contributed by atoms with Gasteiger partial charge in [-0.05, 0) is 66.6 Å². The highest BCUT2D eigenvalue weighted by molar-refractivity contribution is 9.10. The highest BCUT2D eigenvalue weighted by atomic mass is 79.9. The number of nitrogens with one attached hydrogen (secondary N) is 3. The Morgan fingerprint density at radius 1 is 1.24 bits per heavy atom. The quantitative estimate of drug-likeness (QED) is 0.460. The molecule has 0 bridgehead atoms. The molecular weight excluding hydrogens is 526 g/mol. The molecule has 0 fully saturated rings. The van der Waals surface area contributed by atoms with Gasteiger partial charge in [-0.2, -0.15) is 0 Å². The van der Waals surface area contributed by atoms with Gasteiger partial charge in [0.05, 0.1) is 24.2 Å². The Morgan fingerprint density at radius 2 is 2.00 bits per heavy atom. The lowest BCUT2D eigenvalue weighted by Crippen LogP contribution is -2.37. The number of methoxy groups -OCH3 is 1. The number of sulfonamides is 1. The number of amides is 3. The van der Waals surface area contributed by atoms with Crippen LogP contribution >= 0.6 is 15.9 Å². The molecule has 1 atom stereocenters. The minimum Gasteiger partial charge on any atom is -0.496 e. The number of hydrogen-bond donors (Lipinski definition) is 3. The molecule has 9 nitrogen and oxygen atoms in total. The predicted octanol–water partition coefficient (Wildman–Crippen LogP) is 3.32. The molecule has 0 saturated heterocycles. The van der Waals surface area contributed by atoms with E-state index in [0.717, 1.165) is 10.0 Å². The monoisotopic (exact) mass is 553 g/mol. The summed E-state index contributed by atoms with van der Waals surface area (Å²) in [6, 6.07) is 7.71. The van der Waals surface area contributed by atoms with Gasteiger partial charge in [0.25, 0.3) is 15.9 Å². The van der Waals surface area contributed by atoms with E-state index in [9.17, 15) is 18.0 Å². The molecule has 184 valence electrons. The summed E-state index contributed by atoms with van der Waals surface area (Å²) < 4.78 is 39.5. The summed E-state index contributed by atoms with van der Waals surface area (Å²) >= 11 is 3.37. The molecule has 3 amide bonds. The third kappa shape index (κ3) is 5.82. The lowest BCUT2D eigenvalue weighted by Gasteiger charge is -2.27. The Bertz CT molecular complexity index is 1190. The maximum absolute atomic E-state index is 12.8. The van der Waals surface area contributed by atoms with E-state index in [-0.39, 0.29) is 16.7 Å². The molecule has 0 aliphatic carbocycles. The van der Waals surface area contributed by atoms with Crippen LogP contribution in [0.2, 0.25) is 0 Å². The number of carbonyl (C=O) groups is 2. The van der Waals surface area contributed by atoms with Crippen molar-refractivity contribution < 1.29 is 27.5 Å². The normalized spacial score (nSPS) is 15.0. The van der Waals surface area contributed by atoms with Gasteiger partial charge in [0.15, 0.2) is 0 Å². The van der Waals surface area contributed by atoms with Gasteiger partial charge in [0.2, 0.25) is 0 Å². The number of urea groups is 1. The second-order valence-corrected chi connectivity index (χ2v) is 10.3. The van der Waals surface area contributed by atoms with Gasteiger partial charge in [0, 0.05) is 18.1 Å². The van der Waals surface area contributed by atoms with Crippen molar-refractivity contribution in [3.05, 3.63) is 51.5 Å². The number of ether oxygens (including phenoxy) is 2. The fourth-order valence-electron chi connectivity index (χ4n) is 3.90. The van der Waals surface area contributed by atoms with E-state index in [1.54, 1.807) is 30.3 Å². The molecule has 0 radical (unpaired) electrons. The Kier molecular flexibility index (Phi) is 8.42. The molecule has 3 rings (SSSR count). The summed E-state index contributed by atoms with van der Waals surface area (Å²) in [5.74, 6) is 0.827. The van der Waals surface area contributed by atoms with E-state index in [1.165, 1.54) is 14.2 Å². The van der Waals surface area contributed by atoms with Crippen LogP contribution in [0.4, 0.5) is 4.79 Å². The van der Waals surface area contributed by atoms with Crippen LogP contribution in [0, 0.1) is 0 Å². The molecule has 0 saturated carbocycles. The zero-order chi connectivity index (χ0) is 24.9. The second-order valence-electron chi connectivity index (χ2n) is 7.76. The van der Waals surface area contributed by atoms with Crippen molar-refractivity contribution in [3.63, 3.8) is 0 Å². The second kappa shape index (κ2) is 11.1. The number of rotatable bonds is 8. The third-order valence-electron chi connectivity index (χ3n) is 5.67. The van der Waals surface area contributed by atoms with Crippen LogP contribution in [0.5, 0.6) is 11.5 Å². The van der Waals surface area contributed by atoms with E-state index >= 15 is 0 Å². The van der Waals surface area contributed by atoms with Gasteiger partial charge >= 0.3 is 6.03 Å². The van der Waals surface area contributed by atoms with Crippen molar-refractivity contribution in [2.75, 3.05) is 27.3 Å². The first kappa shape index (κ1) is 25.8. The average Bonchev–Trinajstić information content (AvgIpc) is 2.82. The smallest absolute Gasteiger partial charge is 0.328 e. The first-order chi connectivity index (χ1) is 16.2. The highest BCUT2D eigenvalue weighted by Gasteiger charge is 2.28. The summed E-state index contributed by atoms with van der Waals surface area (Å²) in [6.07, 6.45) is 1.72. The van der Waals surface area contributed by atoms with E-state index in [2.05, 4.69) is 26.6 Å². The predicted molar refractivity (Wildman–Crippen MR) is 131 cm³/mol. The van der Waals surface area contributed by atoms with Gasteiger partial charge in [-0.3, -0.25) is 4.79 Å². The Hall–Kier alpha value is -2.79. The number of benzene rings is 2. The van der Waals surface area contributed by atoms with Gasteiger partial charge in [-0.1, -0.05) is 22.9 Å². The van der Waals surface area contributed by atoms with Crippen LogP contribution in [-0.4, -0.2) is 47.7 Å². The number of carbonyl (C=O) groups excluding carboxylic acids is 2. The lowest BCUT2D eigenvalue weighted by molar-refractivity contribution is 0.0948. The molecule has 1 unspecified atom stereocenters. The van der Waals surface area contributed by atoms with Crippen LogP contribution in [0.15, 0.2) is 39.7 Å². The van der Waals surface area contributed by atoms with Crippen LogP contribution in [0.3, 0.4) is 0 Å². The Balaban J connectivity index is 1.80. The van der Waals surface area contributed by atoms with E-state index in [1.807, 2.05) is 11.6 Å². The minimum absolute atomic E-state index is 0.0201. The molecule has 2 aromatic carbocycles. The average molecular weight is 554 g/mol. The van der Waals surface area contributed by atoms with Crippen molar-refractivity contribution in [3.8, 4) is 11.5 Å². The standard InChI is InChI=1S/C23H28BrN3O6S/c1-4-14-11-20-17(13-21(14)34(30,31)27-23(29)25-2)15(8-10-33-20)7-9-26-22(28)18-12-16(24)5-6-19(18)32-3/h5-6,11-13,15H,4,7-10H2,1-3H3,(H,26,28)(H2,25,27,29). The van der Waals surface area contributed by atoms with Gasteiger partial charge < -0.3 is 20.1 Å². The largest absolute Gasteiger partial charge is 0.496 e. The van der Waals surface area contributed by atoms with E-state index in [4.69, 9.17) is 9.47 Å². The molecule has 34 heavy (non-hydrogen) atoms. The fraction of sp³-hybridized carbons (Fsp3) is 0.391. The number of fused-ring (bicyclic) bond motifs is 1. The molecule has 1 aliphatic rings. The molecule has 1 heterocycles. The van der Waals surface area contributed by atoms with Crippen molar-refractivity contribution in [2.24, 2.45) is 0 Å². The summed E-state index contributed by atoms with van der Waals surface area (Å²) in [5, 5.41) is 5.17. The Labute approximate surface area is 207 Å². The number of aryl methyl sites for hydroxylation is 1. The van der Waals surface area contributed by atoms with Crippen molar-refractivity contribution in [1.82, 2.24) is 15.4 Å². The number of halogens is 1. The highest BCUT2D eigenvalue weighted by Crippen LogP contribution is 2.39. The van der Waals surface area contributed by atoms with Crippen molar-refractivity contribution in [2.45, 2.75) is 37.0 Å². The van der Waals surface area contributed by atoms with Crippen molar-refractivity contribution in [1.29, 1.82) is 0 Å². The molecule has 11 heteroatoms. The minimum atomic E-state index is -4.06. The maximum atomic E-state index is 12.8. The van der Waals surface area contributed by atoms with E-state index < -0.39 is 16.1 Å². The summed E-state index contributed by atoms with van der Waals surface area (Å²) in [6.45, 7) is 2.72. The SMILES string of the molecule is CCc1cc2c(cc1S(=O)(=O)NC(=O)NC)C(CCNC(=O)c1cc(Br)ccc1OC)CCO2. The zero-order valence-corrected chi connectivity index (χ0v) is 21.6. The third-order valence-corrected chi connectivity index (χ3v) is 7.57. The topological polar surface area (TPSA) is 123 Å². The van der Waals surface area contributed by atoms with Gasteiger partial charge in [-0.25, -0.2) is 17.9 Å². The Morgan fingerprint density at radius 3 is 2.68 bits per heavy atom. The van der Waals surface area contributed by atoms with Crippen molar-refractivity contribution >= 4 is 37.9 Å². The maximum Gasteiger partial charge on any atom is 0.328 e.